The zero-order valence-electron chi connectivity index (χ0n) is 17.4. The lowest BCUT2D eigenvalue weighted by atomic mass is 9.93. The minimum atomic E-state index is -0.940. The Bertz CT molecular complexity index is 629. The first-order chi connectivity index (χ1) is 12.8. The van der Waals surface area contributed by atoms with E-state index in [1.165, 1.54) is 0 Å². The molecule has 0 radical (unpaired) electrons. The molecule has 0 aliphatic rings. The molecule has 6 heteroatoms. The summed E-state index contributed by atoms with van der Waals surface area (Å²) in [5, 5.41) is 2.87. The maximum Gasteiger partial charge on any atom is 0.341 e. The molecule has 27 heavy (non-hydrogen) atoms. The normalized spacial score (nSPS) is 13.1. The lowest BCUT2D eigenvalue weighted by Crippen LogP contribution is -2.44. The fraction of sp³-hybridized carbons (Fsp3) is 0.619. The molecule has 0 spiro atoms. The molecule has 0 aromatic heterocycles. The second kappa shape index (κ2) is 10.9. The average Bonchev–Trinajstić information content (AvgIpc) is 2.60. The lowest BCUT2D eigenvalue weighted by molar-refractivity contribution is -0.140. The minimum absolute atomic E-state index is 0.241. The Labute approximate surface area is 162 Å². The van der Waals surface area contributed by atoms with E-state index in [1.54, 1.807) is 32.0 Å². The molecule has 152 valence electrons. The molecule has 0 saturated carbocycles. The number of rotatable bonds is 11. The molecule has 1 rings (SSSR count). The second-order valence-electron chi connectivity index (χ2n) is 7.00. The zero-order chi connectivity index (χ0) is 20.4. The second-order valence-corrected chi connectivity index (χ2v) is 7.00. The van der Waals surface area contributed by atoms with Crippen LogP contribution >= 0.6 is 0 Å². The topological polar surface area (TPSA) is 73.9 Å². The van der Waals surface area contributed by atoms with Gasteiger partial charge in [0.05, 0.1) is 13.2 Å². The number of carbonyl (C=O) groups excluding carboxylic acids is 2. The van der Waals surface area contributed by atoms with E-state index < -0.39 is 11.6 Å². The Morgan fingerprint density at radius 3 is 2.41 bits per heavy atom. The number of amides is 1. The summed E-state index contributed by atoms with van der Waals surface area (Å²) < 4.78 is 16.5. The van der Waals surface area contributed by atoms with Crippen molar-refractivity contribution in [2.75, 3.05) is 25.1 Å². The van der Waals surface area contributed by atoms with Crippen molar-refractivity contribution in [3.8, 4) is 5.75 Å². The molecule has 1 aromatic carbocycles. The van der Waals surface area contributed by atoms with Crippen molar-refractivity contribution in [2.24, 2.45) is 5.92 Å². The molecule has 1 aromatic rings. The Hall–Kier alpha value is -2.08. The molecule has 1 N–H and O–H groups in total. The fourth-order valence-corrected chi connectivity index (χ4v) is 2.89. The van der Waals surface area contributed by atoms with E-state index in [2.05, 4.69) is 5.32 Å². The summed E-state index contributed by atoms with van der Waals surface area (Å²) in [5.41, 5.74) is -0.142. The minimum Gasteiger partial charge on any atom is -0.493 e. The summed E-state index contributed by atoms with van der Waals surface area (Å²) in [7, 11) is 0. The van der Waals surface area contributed by atoms with Crippen LogP contribution in [0.1, 0.15) is 64.7 Å². The van der Waals surface area contributed by atoms with Crippen LogP contribution in [-0.4, -0.2) is 37.3 Å². The van der Waals surface area contributed by atoms with E-state index in [-0.39, 0.29) is 12.5 Å². The highest BCUT2D eigenvalue weighted by molar-refractivity contribution is 5.99. The maximum atomic E-state index is 12.8. The van der Waals surface area contributed by atoms with E-state index in [0.717, 1.165) is 6.42 Å². The van der Waals surface area contributed by atoms with Crippen LogP contribution < -0.4 is 10.1 Å². The predicted molar refractivity (Wildman–Crippen MR) is 106 cm³/mol. The Balaban J connectivity index is 3.09. The molecule has 0 aliphatic heterocycles. The van der Waals surface area contributed by atoms with Crippen LogP contribution in [0.2, 0.25) is 0 Å². The molecule has 0 heterocycles. The monoisotopic (exact) mass is 379 g/mol. The maximum absolute atomic E-state index is 12.8. The van der Waals surface area contributed by atoms with Crippen LogP contribution in [0.25, 0.3) is 0 Å². The summed E-state index contributed by atoms with van der Waals surface area (Å²) in [6.07, 6.45) is 1.41. The van der Waals surface area contributed by atoms with Crippen LogP contribution in [0.5, 0.6) is 5.75 Å². The quantitative estimate of drug-likeness (QED) is 0.576. The average molecular weight is 379 g/mol. The van der Waals surface area contributed by atoms with Gasteiger partial charge in [0.2, 0.25) is 0 Å². The van der Waals surface area contributed by atoms with Crippen molar-refractivity contribution in [3.63, 3.8) is 0 Å². The van der Waals surface area contributed by atoms with Crippen LogP contribution in [0, 0.1) is 5.92 Å². The van der Waals surface area contributed by atoms with Gasteiger partial charge in [-0.1, -0.05) is 20.8 Å². The van der Waals surface area contributed by atoms with Gasteiger partial charge < -0.3 is 19.5 Å². The Kier molecular flexibility index (Phi) is 9.29. The molecule has 0 unspecified atom stereocenters. The third kappa shape index (κ3) is 6.86. The smallest absolute Gasteiger partial charge is 0.341 e. The van der Waals surface area contributed by atoms with Crippen LogP contribution in [-0.2, 0) is 14.3 Å². The zero-order valence-corrected chi connectivity index (χ0v) is 17.4. The first-order valence-corrected chi connectivity index (χ1v) is 9.66. The number of hydrogen-bond acceptors (Lipinski definition) is 5. The summed E-state index contributed by atoms with van der Waals surface area (Å²) in [6, 6.07) is 4.98. The van der Waals surface area contributed by atoms with E-state index in [1.807, 2.05) is 27.7 Å². The third-order valence-electron chi connectivity index (χ3n) is 3.94. The first-order valence-electron chi connectivity index (χ1n) is 9.66. The van der Waals surface area contributed by atoms with Gasteiger partial charge in [0.15, 0.2) is 0 Å². The number of benzene rings is 1. The molecule has 0 aliphatic carbocycles. The van der Waals surface area contributed by atoms with Crippen LogP contribution in [0.4, 0.5) is 5.69 Å². The van der Waals surface area contributed by atoms with Gasteiger partial charge in [-0.2, -0.15) is 0 Å². The van der Waals surface area contributed by atoms with Crippen molar-refractivity contribution in [3.05, 3.63) is 23.8 Å². The van der Waals surface area contributed by atoms with Crippen molar-refractivity contribution in [1.29, 1.82) is 0 Å². The molecule has 1 amide bonds. The van der Waals surface area contributed by atoms with Crippen molar-refractivity contribution in [2.45, 2.75) is 60.0 Å². The highest BCUT2D eigenvalue weighted by Gasteiger charge is 2.34. The lowest BCUT2D eigenvalue weighted by Gasteiger charge is -2.30. The molecule has 6 nitrogen and oxygen atoms in total. The van der Waals surface area contributed by atoms with Gasteiger partial charge in [-0.05, 0) is 57.7 Å². The fourth-order valence-electron chi connectivity index (χ4n) is 2.89. The van der Waals surface area contributed by atoms with Crippen LogP contribution in [0.3, 0.4) is 0 Å². The summed E-state index contributed by atoms with van der Waals surface area (Å²) in [5.74, 6) is 0.0276. The summed E-state index contributed by atoms with van der Waals surface area (Å²) in [4.78, 5) is 25.1. The van der Waals surface area contributed by atoms with Gasteiger partial charge in [0, 0.05) is 12.3 Å². The Morgan fingerprint density at radius 1 is 1.15 bits per heavy atom. The highest BCUT2D eigenvalue weighted by atomic mass is 16.5. The molecule has 0 bridgehead atoms. The number of anilines is 1. The van der Waals surface area contributed by atoms with E-state index in [9.17, 15) is 9.59 Å². The van der Waals surface area contributed by atoms with Gasteiger partial charge in [0.25, 0.3) is 5.91 Å². The number of nitrogens with one attached hydrogen (secondary N) is 1. The highest BCUT2D eigenvalue weighted by Crippen LogP contribution is 2.27. The standard InChI is InChI=1S/C21H33NO5/c1-7-12-26-18-11-10-16(13-17(18)19(23)25-8-2)22-20(24)21(6,27-9-3)14-15(4)5/h10-11,13,15H,7-9,12,14H2,1-6H3,(H,22,24)/t21-/m0/s1. The molecular formula is C21H33NO5. The van der Waals surface area contributed by atoms with E-state index in [4.69, 9.17) is 14.2 Å². The van der Waals surface area contributed by atoms with Crippen molar-refractivity contribution in [1.82, 2.24) is 0 Å². The first kappa shape index (κ1) is 23.0. The third-order valence-corrected chi connectivity index (χ3v) is 3.94. The summed E-state index contributed by atoms with van der Waals surface area (Å²) in [6.45, 7) is 12.7. The van der Waals surface area contributed by atoms with Crippen LogP contribution in [0.15, 0.2) is 18.2 Å². The number of esters is 1. The number of hydrogen-bond donors (Lipinski definition) is 1. The van der Waals surface area contributed by atoms with Gasteiger partial charge in [-0.3, -0.25) is 4.79 Å². The molecule has 1 atom stereocenters. The molecule has 0 saturated heterocycles. The molecule has 0 fully saturated rings. The number of ether oxygens (including phenoxy) is 3. The van der Waals surface area contributed by atoms with Crippen molar-refractivity contribution < 1.29 is 23.8 Å². The van der Waals surface area contributed by atoms with Gasteiger partial charge >= 0.3 is 5.97 Å². The summed E-state index contributed by atoms with van der Waals surface area (Å²) >= 11 is 0. The Morgan fingerprint density at radius 2 is 1.85 bits per heavy atom. The van der Waals surface area contributed by atoms with Crippen molar-refractivity contribution >= 4 is 17.6 Å². The van der Waals surface area contributed by atoms with E-state index in [0.29, 0.717) is 42.6 Å². The SMILES string of the molecule is CCCOc1ccc(NC(=O)[C@](C)(CC(C)C)OCC)cc1C(=O)OCC. The molecular weight excluding hydrogens is 346 g/mol. The predicted octanol–water partition coefficient (Wildman–Crippen LogP) is 4.43. The van der Waals surface area contributed by atoms with E-state index >= 15 is 0 Å². The van der Waals surface area contributed by atoms with Gasteiger partial charge in [0.1, 0.15) is 16.9 Å². The van der Waals surface area contributed by atoms with Gasteiger partial charge in [-0.15, -0.1) is 0 Å². The largest absolute Gasteiger partial charge is 0.493 e. The number of carbonyl (C=O) groups is 2. The van der Waals surface area contributed by atoms with Gasteiger partial charge in [-0.25, -0.2) is 4.79 Å².